The van der Waals surface area contributed by atoms with Crippen LogP contribution >= 0.6 is 0 Å². The summed E-state index contributed by atoms with van der Waals surface area (Å²) in [4.78, 5) is 0. The first-order chi connectivity index (χ1) is 9.27. The first-order valence-electron chi connectivity index (χ1n) is 6.36. The molecule has 103 valence electrons. The van der Waals surface area contributed by atoms with Gasteiger partial charge in [0.1, 0.15) is 0 Å². The number of aryl methyl sites for hydroxylation is 1. The van der Waals surface area contributed by atoms with Crippen LogP contribution in [0.4, 0.5) is 0 Å². The number of nitrogens with zero attached hydrogens (tertiary/aromatic N) is 2. The minimum atomic E-state index is 0. The van der Waals surface area contributed by atoms with E-state index in [1.54, 1.807) is 0 Å². The van der Waals surface area contributed by atoms with Crippen LogP contribution in [0.3, 0.4) is 0 Å². The summed E-state index contributed by atoms with van der Waals surface area (Å²) in [6.07, 6.45) is 0. The molecule has 0 saturated carbocycles. The fourth-order valence-electron chi connectivity index (χ4n) is 2.23. The van der Waals surface area contributed by atoms with Gasteiger partial charge in [-0.2, -0.15) is 29.4 Å². The minimum Gasteiger partial charge on any atom is -0.257 e. The quantitative estimate of drug-likeness (QED) is 0.553. The maximum atomic E-state index is 4.64. The summed E-state index contributed by atoms with van der Waals surface area (Å²) in [7, 11) is 0. The van der Waals surface area contributed by atoms with Crippen LogP contribution in [0.15, 0.2) is 54.6 Å². The molecular weight excluding hydrogens is 424 g/mol. The van der Waals surface area contributed by atoms with Gasteiger partial charge in [-0.3, -0.25) is 4.68 Å². The average Bonchev–Trinajstić information content (AvgIpc) is 2.77. The van der Waals surface area contributed by atoms with E-state index in [0.717, 1.165) is 17.1 Å². The first-order valence-corrected chi connectivity index (χ1v) is 6.36. The summed E-state index contributed by atoms with van der Waals surface area (Å²) in [5, 5.41) is 4.64. The molecule has 3 aromatic rings. The Hall–Kier alpha value is -1.70. The molecule has 0 aliphatic heterocycles. The number of hydrogen-bond acceptors (Lipinski definition) is 1. The molecule has 0 aliphatic carbocycles. The van der Waals surface area contributed by atoms with Crippen LogP contribution < -0.4 is 0 Å². The molecule has 20 heavy (non-hydrogen) atoms. The predicted octanol–water partition coefficient (Wildman–Crippen LogP) is 3.95. The third-order valence-electron chi connectivity index (χ3n) is 3.33. The van der Waals surface area contributed by atoms with Gasteiger partial charge < -0.3 is 0 Å². The summed E-state index contributed by atoms with van der Waals surface area (Å²) in [6.45, 7) is 4.16. The second kappa shape index (κ2) is 6.17. The van der Waals surface area contributed by atoms with E-state index in [1.165, 1.54) is 11.1 Å². The van der Waals surface area contributed by atoms with E-state index >= 15 is 0 Å². The second-order valence-electron chi connectivity index (χ2n) is 4.58. The molecule has 0 spiro atoms. The van der Waals surface area contributed by atoms with Crippen molar-refractivity contribution >= 4 is 0 Å². The molecule has 0 aliphatic rings. The zero-order chi connectivity index (χ0) is 13.2. The Bertz CT molecular complexity index is 688. The van der Waals surface area contributed by atoms with E-state index in [-0.39, 0.29) is 20.1 Å². The molecule has 1 radical (unpaired) electrons. The van der Waals surface area contributed by atoms with E-state index in [4.69, 9.17) is 0 Å². The maximum absolute atomic E-state index is 4.64. The van der Waals surface area contributed by atoms with Gasteiger partial charge in [0, 0.05) is 25.7 Å². The summed E-state index contributed by atoms with van der Waals surface area (Å²) in [5.41, 5.74) is 5.55. The number of aromatic nitrogens is 2. The molecular formula is C17H15IrN2-. The molecule has 0 fully saturated rings. The van der Waals surface area contributed by atoms with E-state index < -0.39 is 0 Å². The predicted molar refractivity (Wildman–Crippen MR) is 77.3 cm³/mol. The van der Waals surface area contributed by atoms with Gasteiger partial charge in [-0.25, -0.2) is 0 Å². The Morgan fingerprint density at radius 3 is 2.30 bits per heavy atom. The summed E-state index contributed by atoms with van der Waals surface area (Å²) in [5.74, 6) is 0. The van der Waals surface area contributed by atoms with Crippen molar-refractivity contribution in [3.05, 3.63) is 71.9 Å². The van der Waals surface area contributed by atoms with Gasteiger partial charge in [0.25, 0.3) is 0 Å². The molecule has 0 saturated heterocycles. The van der Waals surface area contributed by atoms with E-state index in [2.05, 4.69) is 42.4 Å². The summed E-state index contributed by atoms with van der Waals surface area (Å²) < 4.78 is 1.97. The van der Waals surface area contributed by atoms with Gasteiger partial charge in [-0.15, -0.1) is 6.07 Å². The number of para-hydroxylation sites is 1. The SMILES string of the molecule is Cc1nn(-c2[c-]cccc2)c(-c2ccccc2)c1C.[Ir]. The molecule has 0 atom stereocenters. The second-order valence-corrected chi connectivity index (χ2v) is 4.58. The zero-order valence-corrected chi connectivity index (χ0v) is 13.8. The van der Waals surface area contributed by atoms with E-state index in [9.17, 15) is 0 Å². The average molecular weight is 440 g/mol. The van der Waals surface area contributed by atoms with Crippen LogP contribution in [0.5, 0.6) is 0 Å². The Morgan fingerprint density at radius 1 is 0.950 bits per heavy atom. The number of hydrogen-bond donors (Lipinski definition) is 0. The molecule has 0 amide bonds. The van der Waals surface area contributed by atoms with Crippen molar-refractivity contribution in [3.8, 4) is 16.9 Å². The van der Waals surface area contributed by atoms with Crippen molar-refractivity contribution in [3.63, 3.8) is 0 Å². The van der Waals surface area contributed by atoms with Gasteiger partial charge in [0.2, 0.25) is 0 Å². The third kappa shape index (κ3) is 2.60. The Kier molecular flexibility index (Phi) is 4.53. The molecule has 0 bridgehead atoms. The van der Waals surface area contributed by atoms with Crippen LogP contribution in [0.1, 0.15) is 11.3 Å². The third-order valence-corrected chi connectivity index (χ3v) is 3.33. The molecule has 2 nitrogen and oxygen atoms in total. The first kappa shape index (κ1) is 14.7. The van der Waals surface area contributed by atoms with Crippen molar-refractivity contribution in [2.24, 2.45) is 0 Å². The molecule has 1 heterocycles. The Morgan fingerprint density at radius 2 is 1.65 bits per heavy atom. The fraction of sp³-hybridized carbons (Fsp3) is 0.118. The van der Waals surface area contributed by atoms with Gasteiger partial charge in [0.05, 0.1) is 11.4 Å². The minimum absolute atomic E-state index is 0. The Labute approximate surface area is 132 Å². The molecule has 2 aromatic carbocycles. The molecule has 3 heteroatoms. The van der Waals surface area contributed by atoms with Crippen LogP contribution in [-0.2, 0) is 20.1 Å². The number of rotatable bonds is 2. The Balaban J connectivity index is 0.00000147. The van der Waals surface area contributed by atoms with Gasteiger partial charge >= 0.3 is 0 Å². The molecule has 0 unspecified atom stereocenters. The molecule has 3 rings (SSSR count). The summed E-state index contributed by atoms with van der Waals surface area (Å²) in [6, 6.07) is 21.5. The maximum Gasteiger partial charge on any atom is 0.0747 e. The fourth-order valence-corrected chi connectivity index (χ4v) is 2.23. The summed E-state index contributed by atoms with van der Waals surface area (Å²) >= 11 is 0. The molecule has 1 aromatic heterocycles. The van der Waals surface area contributed by atoms with Crippen molar-refractivity contribution in [2.45, 2.75) is 13.8 Å². The monoisotopic (exact) mass is 440 g/mol. The molecule has 0 N–H and O–H groups in total. The topological polar surface area (TPSA) is 17.8 Å². The van der Waals surface area contributed by atoms with Gasteiger partial charge in [0.15, 0.2) is 0 Å². The van der Waals surface area contributed by atoms with Crippen molar-refractivity contribution in [1.82, 2.24) is 9.78 Å². The van der Waals surface area contributed by atoms with E-state index in [0.29, 0.717) is 0 Å². The van der Waals surface area contributed by atoms with Crippen LogP contribution in [0.2, 0.25) is 0 Å². The smallest absolute Gasteiger partial charge is 0.0747 e. The van der Waals surface area contributed by atoms with Crippen molar-refractivity contribution in [1.29, 1.82) is 0 Å². The largest absolute Gasteiger partial charge is 0.257 e. The van der Waals surface area contributed by atoms with Crippen molar-refractivity contribution in [2.75, 3.05) is 0 Å². The van der Waals surface area contributed by atoms with E-state index in [1.807, 2.05) is 41.9 Å². The standard InChI is InChI=1S/C17H15N2.Ir/c1-13-14(2)18-19(16-11-7-4-8-12-16)17(13)15-9-5-3-6-10-15;/h3-11H,1-2H3;/q-1;. The van der Waals surface area contributed by atoms with Crippen molar-refractivity contribution < 1.29 is 20.1 Å². The normalized spacial score (nSPS) is 10.1. The van der Waals surface area contributed by atoms with Gasteiger partial charge in [-0.1, -0.05) is 30.3 Å². The number of benzene rings is 2. The zero-order valence-electron chi connectivity index (χ0n) is 11.4. The van der Waals surface area contributed by atoms with Crippen LogP contribution in [0.25, 0.3) is 16.9 Å². The van der Waals surface area contributed by atoms with Gasteiger partial charge in [-0.05, 0) is 25.1 Å². The van der Waals surface area contributed by atoms with Crippen LogP contribution in [-0.4, -0.2) is 9.78 Å². The van der Waals surface area contributed by atoms with Crippen LogP contribution in [0, 0.1) is 19.9 Å².